The molecule has 2 aromatic heterocycles. The Bertz CT molecular complexity index is 496. The van der Waals surface area contributed by atoms with Crippen molar-refractivity contribution in [2.75, 3.05) is 0 Å². The molecule has 0 N–H and O–H groups in total. The summed E-state index contributed by atoms with van der Waals surface area (Å²) >= 11 is 8.54. The van der Waals surface area contributed by atoms with Gasteiger partial charge in [-0.3, -0.25) is 4.98 Å². The van der Waals surface area contributed by atoms with E-state index in [-0.39, 0.29) is 0 Å². The zero-order valence-corrected chi connectivity index (χ0v) is 12.7. The first-order valence-corrected chi connectivity index (χ1v) is 7.43. The maximum absolute atomic E-state index is 4.57. The van der Waals surface area contributed by atoms with Gasteiger partial charge in [-0.05, 0) is 44.3 Å². The lowest BCUT2D eigenvalue weighted by Gasteiger charge is -1.99. The molecule has 2 rings (SSSR count). The topological polar surface area (TPSA) is 25.8 Å². The molecule has 16 heavy (non-hydrogen) atoms. The molecule has 0 saturated carbocycles. The maximum atomic E-state index is 4.57. The van der Waals surface area contributed by atoms with Crippen molar-refractivity contribution in [1.29, 1.82) is 0 Å². The highest BCUT2D eigenvalue weighted by Gasteiger charge is 2.09. The molecule has 0 radical (unpaired) electrons. The summed E-state index contributed by atoms with van der Waals surface area (Å²) in [6, 6.07) is 1.99. The molecule has 2 heterocycles. The van der Waals surface area contributed by atoms with Crippen molar-refractivity contribution in [3.05, 3.63) is 32.3 Å². The van der Waals surface area contributed by atoms with Crippen LogP contribution in [-0.4, -0.2) is 9.97 Å². The van der Waals surface area contributed by atoms with Gasteiger partial charge in [-0.1, -0.05) is 13.3 Å². The van der Waals surface area contributed by atoms with Crippen LogP contribution in [0.2, 0.25) is 0 Å². The van der Waals surface area contributed by atoms with E-state index >= 15 is 0 Å². The molecular formula is C11H10Br2N2S. The van der Waals surface area contributed by atoms with Gasteiger partial charge in [0.25, 0.3) is 0 Å². The summed E-state index contributed by atoms with van der Waals surface area (Å²) in [6.45, 7) is 2.16. The van der Waals surface area contributed by atoms with Crippen LogP contribution in [0.15, 0.2) is 26.6 Å². The normalized spacial score (nSPS) is 10.7. The van der Waals surface area contributed by atoms with Crippen LogP contribution in [0.1, 0.15) is 19.0 Å². The highest BCUT2D eigenvalue weighted by atomic mass is 79.9. The number of nitrogens with zero attached hydrogens (tertiary/aromatic N) is 2. The van der Waals surface area contributed by atoms with Gasteiger partial charge < -0.3 is 0 Å². The third kappa shape index (κ3) is 2.70. The highest BCUT2D eigenvalue weighted by Crippen LogP contribution is 2.30. The van der Waals surface area contributed by atoms with Crippen molar-refractivity contribution < 1.29 is 0 Å². The minimum Gasteiger partial charge on any atom is -0.251 e. The number of aromatic nitrogens is 2. The Kier molecular flexibility index (Phi) is 4.10. The first-order chi connectivity index (χ1) is 7.70. The lowest BCUT2D eigenvalue weighted by Crippen LogP contribution is -1.87. The summed E-state index contributed by atoms with van der Waals surface area (Å²) in [5.41, 5.74) is 2.06. The Morgan fingerprint density at radius 2 is 2.19 bits per heavy atom. The Morgan fingerprint density at radius 1 is 1.38 bits per heavy atom. The molecule has 84 valence electrons. The second kappa shape index (κ2) is 5.38. The first kappa shape index (κ1) is 12.2. The fraction of sp³-hybridized carbons (Fsp3) is 0.273. The number of rotatable bonds is 3. The largest absolute Gasteiger partial charge is 0.251 e. The van der Waals surface area contributed by atoms with E-state index in [0.717, 1.165) is 38.2 Å². The average Bonchev–Trinajstić information content (AvgIpc) is 2.67. The predicted octanol–water partition coefficient (Wildman–Crippen LogP) is 4.68. The molecule has 2 nitrogen and oxygen atoms in total. The Balaban J connectivity index is 2.35. The molecular weight excluding hydrogens is 352 g/mol. The number of aryl methyl sites for hydroxylation is 1. The summed E-state index contributed by atoms with van der Waals surface area (Å²) in [4.78, 5) is 8.95. The summed E-state index contributed by atoms with van der Waals surface area (Å²) in [5, 5.41) is 3.08. The van der Waals surface area contributed by atoms with Crippen LogP contribution in [0.3, 0.4) is 0 Å². The third-order valence-corrected chi connectivity index (χ3v) is 4.00. The van der Waals surface area contributed by atoms with Crippen LogP contribution >= 0.6 is 43.2 Å². The molecule has 0 amide bonds. The summed E-state index contributed by atoms with van der Waals surface area (Å²) < 4.78 is 1.94. The molecule has 0 bridgehead atoms. The minimum absolute atomic E-state index is 0.913. The lowest BCUT2D eigenvalue weighted by atomic mass is 10.3. The van der Waals surface area contributed by atoms with Gasteiger partial charge in [-0.25, -0.2) is 4.98 Å². The van der Waals surface area contributed by atoms with Crippen LogP contribution in [0.4, 0.5) is 0 Å². The van der Waals surface area contributed by atoms with E-state index in [0.29, 0.717) is 0 Å². The van der Waals surface area contributed by atoms with Crippen molar-refractivity contribution in [2.45, 2.75) is 19.8 Å². The highest BCUT2D eigenvalue weighted by molar-refractivity contribution is 9.11. The SMILES string of the molecule is CCCc1csc(-c2ncc(Br)cc2Br)n1. The van der Waals surface area contributed by atoms with Crippen LogP contribution in [0, 0.1) is 0 Å². The average molecular weight is 362 g/mol. The maximum Gasteiger partial charge on any atom is 0.143 e. The Morgan fingerprint density at radius 3 is 2.88 bits per heavy atom. The van der Waals surface area contributed by atoms with Gasteiger partial charge >= 0.3 is 0 Å². The van der Waals surface area contributed by atoms with E-state index in [1.54, 1.807) is 17.5 Å². The fourth-order valence-electron chi connectivity index (χ4n) is 1.36. The molecule has 0 spiro atoms. The van der Waals surface area contributed by atoms with Crippen LogP contribution in [0.25, 0.3) is 10.7 Å². The Hall–Kier alpha value is -0.260. The van der Waals surface area contributed by atoms with Gasteiger partial charge in [0, 0.05) is 20.5 Å². The van der Waals surface area contributed by atoms with Gasteiger partial charge in [0.15, 0.2) is 0 Å². The quantitative estimate of drug-likeness (QED) is 0.792. The molecule has 0 aliphatic carbocycles. The summed E-state index contributed by atoms with van der Waals surface area (Å²) in [6.07, 6.45) is 3.95. The van der Waals surface area contributed by atoms with Gasteiger partial charge in [0.2, 0.25) is 0 Å². The zero-order valence-electron chi connectivity index (χ0n) is 8.70. The molecule has 0 unspecified atom stereocenters. The summed E-state index contributed by atoms with van der Waals surface area (Å²) in [5.74, 6) is 0. The van der Waals surface area contributed by atoms with Gasteiger partial charge in [0.05, 0.1) is 5.69 Å². The van der Waals surface area contributed by atoms with Crippen molar-refractivity contribution in [2.24, 2.45) is 0 Å². The molecule has 0 fully saturated rings. The lowest BCUT2D eigenvalue weighted by molar-refractivity contribution is 0.893. The minimum atomic E-state index is 0.913. The van der Waals surface area contributed by atoms with Gasteiger partial charge in [0.1, 0.15) is 10.7 Å². The van der Waals surface area contributed by atoms with E-state index < -0.39 is 0 Å². The number of hydrogen-bond donors (Lipinski definition) is 0. The molecule has 0 aromatic carbocycles. The second-order valence-electron chi connectivity index (χ2n) is 3.38. The standard InChI is InChI=1S/C11H10Br2N2S/c1-2-3-8-6-16-11(15-8)10-9(13)4-7(12)5-14-10/h4-6H,2-3H2,1H3. The summed E-state index contributed by atoms with van der Waals surface area (Å²) in [7, 11) is 0. The van der Waals surface area contributed by atoms with Crippen molar-refractivity contribution in [3.8, 4) is 10.7 Å². The van der Waals surface area contributed by atoms with Crippen molar-refractivity contribution in [1.82, 2.24) is 9.97 Å². The molecule has 0 atom stereocenters. The van der Waals surface area contributed by atoms with Crippen LogP contribution in [0.5, 0.6) is 0 Å². The number of thiazole rings is 1. The van der Waals surface area contributed by atoms with Crippen molar-refractivity contribution >= 4 is 43.2 Å². The molecule has 0 aliphatic heterocycles. The van der Waals surface area contributed by atoms with Gasteiger partial charge in [-0.2, -0.15) is 0 Å². The number of pyridine rings is 1. The molecule has 5 heteroatoms. The fourth-order valence-corrected chi connectivity index (χ4v) is 3.53. The number of hydrogen-bond acceptors (Lipinski definition) is 3. The van der Waals surface area contributed by atoms with Crippen molar-refractivity contribution in [3.63, 3.8) is 0 Å². The van der Waals surface area contributed by atoms with E-state index in [4.69, 9.17) is 0 Å². The van der Waals surface area contributed by atoms with Crippen LogP contribution < -0.4 is 0 Å². The monoisotopic (exact) mass is 360 g/mol. The predicted molar refractivity (Wildman–Crippen MR) is 74.7 cm³/mol. The van der Waals surface area contributed by atoms with E-state index in [9.17, 15) is 0 Å². The van der Waals surface area contributed by atoms with Crippen LogP contribution in [-0.2, 0) is 6.42 Å². The van der Waals surface area contributed by atoms with E-state index in [1.807, 2.05) is 6.07 Å². The zero-order chi connectivity index (χ0) is 11.5. The number of halogens is 2. The third-order valence-electron chi connectivity index (χ3n) is 2.07. The smallest absolute Gasteiger partial charge is 0.143 e. The Labute approximate surface area is 115 Å². The molecule has 0 aliphatic rings. The molecule has 2 aromatic rings. The van der Waals surface area contributed by atoms with E-state index in [1.165, 1.54) is 0 Å². The van der Waals surface area contributed by atoms with E-state index in [2.05, 4.69) is 54.1 Å². The molecule has 0 saturated heterocycles. The second-order valence-corrected chi connectivity index (χ2v) is 6.01. The first-order valence-electron chi connectivity index (χ1n) is 4.96. The van der Waals surface area contributed by atoms with Gasteiger partial charge in [-0.15, -0.1) is 11.3 Å².